The fourth-order valence-corrected chi connectivity index (χ4v) is 1.24. The zero-order valence-corrected chi connectivity index (χ0v) is 14.6. The number of fused-ring (bicyclic) bond motifs is 1. The second-order valence-electron chi connectivity index (χ2n) is 3.64. The van der Waals surface area contributed by atoms with Gasteiger partial charge >= 0.3 is 21.1 Å². The SMILES string of the molecule is Cc1ccnc2ccccc12.[CH2-]CC.[CH2-]CC.[W+2]. The minimum atomic E-state index is 0. The molecule has 0 aliphatic rings. The van der Waals surface area contributed by atoms with Gasteiger partial charge < -0.3 is 13.8 Å². The van der Waals surface area contributed by atoms with E-state index in [0.29, 0.717) is 0 Å². The molecule has 0 atom stereocenters. The van der Waals surface area contributed by atoms with Crippen LogP contribution in [0.15, 0.2) is 36.5 Å². The van der Waals surface area contributed by atoms with Gasteiger partial charge in [0.1, 0.15) is 0 Å². The molecule has 0 amide bonds. The normalized spacial score (nSPS) is 8.28. The van der Waals surface area contributed by atoms with Gasteiger partial charge in [0.05, 0.1) is 5.52 Å². The number of nitrogens with zero attached hydrogens (tertiary/aromatic N) is 1. The van der Waals surface area contributed by atoms with Crippen LogP contribution in [0.5, 0.6) is 0 Å². The van der Waals surface area contributed by atoms with Gasteiger partial charge in [-0.15, -0.1) is 0 Å². The van der Waals surface area contributed by atoms with Crippen LogP contribution in [-0.4, -0.2) is 4.98 Å². The van der Waals surface area contributed by atoms with Crippen molar-refractivity contribution in [3.63, 3.8) is 0 Å². The van der Waals surface area contributed by atoms with E-state index in [1.165, 1.54) is 10.9 Å². The minimum Gasteiger partial charge on any atom is -0.344 e. The van der Waals surface area contributed by atoms with Crippen LogP contribution in [-0.2, 0) is 21.1 Å². The molecule has 1 nitrogen and oxygen atoms in total. The number of aromatic nitrogens is 1. The van der Waals surface area contributed by atoms with Crippen LogP contribution in [0, 0.1) is 20.8 Å². The summed E-state index contributed by atoms with van der Waals surface area (Å²) >= 11 is 0. The predicted molar refractivity (Wildman–Crippen MR) is 77.8 cm³/mol. The third kappa shape index (κ3) is 7.61. The monoisotopic (exact) mass is 413 g/mol. The summed E-state index contributed by atoms with van der Waals surface area (Å²) in [5, 5.41) is 1.25. The van der Waals surface area contributed by atoms with Crippen molar-refractivity contribution in [1.82, 2.24) is 4.98 Å². The fourth-order valence-electron chi connectivity index (χ4n) is 1.24. The van der Waals surface area contributed by atoms with Gasteiger partial charge in [-0.05, 0) is 24.6 Å². The first-order valence-corrected chi connectivity index (χ1v) is 6.10. The van der Waals surface area contributed by atoms with Crippen LogP contribution in [0.25, 0.3) is 10.9 Å². The first-order chi connectivity index (χ1) is 8.21. The largest absolute Gasteiger partial charge is 2.00 e. The maximum absolute atomic E-state index is 4.24. The van der Waals surface area contributed by atoms with Gasteiger partial charge in [0, 0.05) is 11.6 Å². The molecule has 0 bridgehead atoms. The van der Waals surface area contributed by atoms with Crippen molar-refractivity contribution in [2.75, 3.05) is 0 Å². The average Bonchev–Trinajstić information content (AvgIpc) is 2.32. The van der Waals surface area contributed by atoms with E-state index in [0.717, 1.165) is 18.4 Å². The average molecular weight is 413 g/mol. The van der Waals surface area contributed by atoms with E-state index in [9.17, 15) is 0 Å². The van der Waals surface area contributed by atoms with E-state index < -0.39 is 0 Å². The number of hydrogen-bond donors (Lipinski definition) is 0. The topological polar surface area (TPSA) is 12.9 Å². The molecule has 0 fully saturated rings. The summed E-state index contributed by atoms with van der Waals surface area (Å²) in [5.41, 5.74) is 2.36. The molecule has 1 aromatic heterocycles. The van der Waals surface area contributed by atoms with Gasteiger partial charge in [0.2, 0.25) is 0 Å². The molecule has 1 heterocycles. The molecule has 0 saturated carbocycles. The van der Waals surface area contributed by atoms with Crippen LogP contribution in [0.3, 0.4) is 0 Å². The smallest absolute Gasteiger partial charge is 0.344 e. The van der Waals surface area contributed by atoms with Gasteiger partial charge in [-0.2, -0.15) is 12.8 Å². The summed E-state index contributed by atoms with van der Waals surface area (Å²) in [7, 11) is 0. The summed E-state index contributed by atoms with van der Waals surface area (Å²) in [5.74, 6) is 0. The van der Waals surface area contributed by atoms with Crippen molar-refractivity contribution in [2.24, 2.45) is 0 Å². The van der Waals surface area contributed by atoms with Gasteiger partial charge in [0.15, 0.2) is 0 Å². The predicted octanol–water partition coefficient (Wildman–Crippen LogP) is 5.00. The Morgan fingerprint density at radius 3 is 2.00 bits per heavy atom. The second kappa shape index (κ2) is 12.8. The van der Waals surface area contributed by atoms with E-state index in [4.69, 9.17) is 0 Å². The summed E-state index contributed by atoms with van der Waals surface area (Å²) in [6, 6.07) is 10.2. The summed E-state index contributed by atoms with van der Waals surface area (Å²) < 4.78 is 0. The number of hydrogen-bond acceptors (Lipinski definition) is 1. The molecule has 0 aliphatic carbocycles. The molecule has 2 aromatic rings. The Balaban J connectivity index is 0. The summed E-state index contributed by atoms with van der Waals surface area (Å²) in [4.78, 5) is 4.24. The Hall–Kier alpha value is -0.682. The van der Waals surface area contributed by atoms with E-state index in [-0.39, 0.29) is 21.1 Å². The molecule has 18 heavy (non-hydrogen) atoms. The molecule has 0 radical (unpaired) electrons. The number of rotatable bonds is 0. The second-order valence-corrected chi connectivity index (χ2v) is 3.64. The van der Waals surface area contributed by atoms with E-state index in [1.807, 2.05) is 44.3 Å². The van der Waals surface area contributed by atoms with E-state index >= 15 is 0 Å². The maximum atomic E-state index is 4.24. The molecule has 1 aromatic carbocycles. The van der Waals surface area contributed by atoms with Crippen LogP contribution in [0.4, 0.5) is 0 Å². The van der Waals surface area contributed by atoms with Crippen molar-refractivity contribution >= 4 is 10.9 Å². The van der Waals surface area contributed by atoms with Crippen molar-refractivity contribution in [2.45, 2.75) is 33.6 Å². The first-order valence-electron chi connectivity index (χ1n) is 6.10. The molecule has 2 heteroatoms. The Bertz CT molecular complexity index is 405. The quantitative estimate of drug-likeness (QED) is 0.554. The molecule has 0 unspecified atom stereocenters. The zero-order valence-electron chi connectivity index (χ0n) is 11.6. The van der Waals surface area contributed by atoms with E-state index in [2.05, 4.69) is 31.8 Å². The number of aryl methyl sites for hydroxylation is 1. The molecule has 0 spiro atoms. The Morgan fingerprint density at radius 1 is 1.00 bits per heavy atom. The van der Waals surface area contributed by atoms with Crippen molar-refractivity contribution in [1.29, 1.82) is 0 Å². The Kier molecular flexibility index (Phi) is 13.9. The fraction of sp³-hybridized carbons (Fsp3) is 0.312. The van der Waals surface area contributed by atoms with Gasteiger partial charge in [-0.1, -0.05) is 32.0 Å². The summed E-state index contributed by atoms with van der Waals surface area (Å²) in [6.07, 6.45) is 3.84. The molecular formula is C16H23NW. The maximum Gasteiger partial charge on any atom is 2.00 e. The number of para-hydroxylation sites is 1. The van der Waals surface area contributed by atoms with Crippen LogP contribution in [0.2, 0.25) is 0 Å². The Labute approximate surface area is 126 Å². The third-order valence-electron chi connectivity index (χ3n) is 1.87. The van der Waals surface area contributed by atoms with Crippen LogP contribution in [0.1, 0.15) is 32.3 Å². The third-order valence-corrected chi connectivity index (χ3v) is 1.87. The number of benzene rings is 1. The summed E-state index contributed by atoms with van der Waals surface area (Å²) in [6.45, 7) is 13.1. The molecular weight excluding hydrogens is 390 g/mol. The molecule has 2 rings (SSSR count). The Morgan fingerprint density at radius 2 is 1.50 bits per heavy atom. The molecule has 0 saturated heterocycles. The first kappa shape index (κ1) is 19.7. The van der Waals surface area contributed by atoms with Gasteiger partial charge in [-0.25, -0.2) is 0 Å². The van der Waals surface area contributed by atoms with Gasteiger partial charge in [-0.3, -0.25) is 4.98 Å². The van der Waals surface area contributed by atoms with Gasteiger partial charge in [0.25, 0.3) is 0 Å². The van der Waals surface area contributed by atoms with Crippen LogP contribution >= 0.6 is 0 Å². The van der Waals surface area contributed by atoms with Crippen LogP contribution < -0.4 is 0 Å². The molecule has 0 N–H and O–H groups in total. The number of pyridine rings is 1. The standard InChI is InChI=1S/C10H9N.2C3H7.W/c1-8-6-7-11-10-5-3-2-4-9(8)10;2*1-3-2;/h2-7H,1H3;2*1,3H2,2H3;/q;2*-1;+2. The van der Waals surface area contributed by atoms with Crippen molar-refractivity contribution < 1.29 is 21.1 Å². The van der Waals surface area contributed by atoms with Crippen molar-refractivity contribution in [3.8, 4) is 0 Å². The van der Waals surface area contributed by atoms with E-state index in [1.54, 1.807) is 0 Å². The molecule has 0 aliphatic heterocycles. The minimum absolute atomic E-state index is 0. The van der Waals surface area contributed by atoms with Crippen molar-refractivity contribution in [3.05, 3.63) is 55.9 Å². The molecule has 98 valence electrons. The zero-order chi connectivity index (χ0) is 13.1.